The molecule has 6 nitrogen and oxygen atoms in total. The first-order valence-corrected chi connectivity index (χ1v) is 10.3. The zero-order valence-electron chi connectivity index (χ0n) is 16.4. The van der Waals surface area contributed by atoms with Gasteiger partial charge in [0.1, 0.15) is 17.1 Å². The fourth-order valence-electron chi connectivity index (χ4n) is 3.33. The lowest BCUT2D eigenvalue weighted by molar-refractivity contribution is 0.102. The minimum Gasteiger partial charge on any atom is -0.454 e. The number of carbonyl (C=O) groups excluding carboxylic acids is 1. The second-order valence-electron chi connectivity index (χ2n) is 7.02. The number of nitrogens with zero attached hydrogens (tertiary/aromatic N) is 3. The fourth-order valence-corrected chi connectivity index (χ4v) is 4.10. The highest BCUT2D eigenvalue weighted by Gasteiger charge is 2.17. The highest BCUT2D eigenvalue weighted by Crippen LogP contribution is 2.30. The van der Waals surface area contributed by atoms with Gasteiger partial charge in [-0.05, 0) is 37.6 Å². The third kappa shape index (κ3) is 3.29. The van der Waals surface area contributed by atoms with Crippen LogP contribution in [0, 0.1) is 13.8 Å². The molecule has 3 aromatic heterocycles. The number of thiazole rings is 1. The van der Waals surface area contributed by atoms with E-state index >= 15 is 0 Å². The number of aryl methyl sites for hydroxylation is 2. The molecule has 0 aliphatic carbocycles. The van der Waals surface area contributed by atoms with Gasteiger partial charge in [-0.2, -0.15) is 9.78 Å². The number of fused-ring (bicyclic) bond motifs is 1. The van der Waals surface area contributed by atoms with E-state index in [2.05, 4.69) is 10.4 Å². The third-order valence-corrected chi connectivity index (χ3v) is 5.63. The van der Waals surface area contributed by atoms with Gasteiger partial charge in [0.05, 0.1) is 5.69 Å². The summed E-state index contributed by atoms with van der Waals surface area (Å²) >= 11 is 1.44. The molecule has 148 valence electrons. The number of para-hydroxylation sites is 1. The van der Waals surface area contributed by atoms with Gasteiger partial charge < -0.3 is 9.73 Å². The summed E-state index contributed by atoms with van der Waals surface area (Å²) in [6.45, 7) is 3.80. The van der Waals surface area contributed by atoms with Gasteiger partial charge in [0, 0.05) is 22.4 Å². The first-order chi connectivity index (χ1) is 14.6. The molecule has 0 atom stereocenters. The van der Waals surface area contributed by atoms with Crippen LogP contribution in [0.3, 0.4) is 0 Å². The molecule has 0 fully saturated rings. The van der Waals surface area contributed by atoms with Crippen LogP contribution >= 0.6 is 11.3 Å². The monoisotopic (exact) mass is 414 g/mol. The van der Waals surface area contributed by atoms with Crippen LogP contribution in [0.5, 0.6) is 0 Å². The smallest absolute Gasteiger partial charge is 0.257 e. The van der Waals surface area contributed by atoms with Crippen molar-refractivity contribution in [1.29, 1.82) is 0 Å². The van der Waals surface area contributed by atoms with Gasteiger partial charge >= 0.3 is 0 Å². The molecule has 0 spiro atoms. The van der Waals surface area contributed by atoms with Crippen molar-refractivity contribution < 1.29 is 9.21 Å². The summed E-state index contributed by atoms with van der Waals surface area (Å²) in [5, 5.41) is 11.1. The summed E-state index contributed by atoms with van der Waals surface area (Å²) in [4.78, 5) is 17.5. The van der Waals surface area contributed by atoms with E-state index in [0.717, 1.165) is 27.9 Å². The molecule has 0 saturated heterocycles. The maximum atomic E-state index is 12.8. The Morgan fingerprint density at radius 2 is 1.87 bits per heavy atom. The standard InChI is InChI=1S/C23H18N4O2S/c1-14-7-3-5-9-17(14)22(28)25-21-11-15(2)26-27(21)23-24-18(13-30-23)20-12-16-8-4-6-10-19(16)29-20/h3-13H,1-2H3,(H,25,28). The van der Waals surface area contributed by atoms with Crippen molar-refractivity contribution >= 4 is 34.0 Å². The second kappa shape index (κ2) is 7.27. The molecule has 0 unspecified atom stereocenters. The zero-order valence-corrected chi connectivity index (χ0v) is 17.2. The largest absolute Gasteiger partial charge is 0.454 e. The summed E-state index contributed by atoms with van der Waals surface area (Å²) in [6.07, 6.45) is 0. The number of hydrogen-bond acceptors (Lipinski definition) is 5. The van der Waals surface area contributed by atoms with E-state index in [1.807, 2.05) is 73.8 Å². The Labute approximate surface area is 176 Å². The van der Waals surface area contributed by atoms with E-state index < -0.39 is 0 Å². The van der Waals surface area contributed by atoms with Crippen LogP contribution in [0.25, 0.3) is 27.6 Å². The van der Waals surface area contributed by atoms with Crippen molar-refractivity contribution in [2.75, 3.05) is 5.32 Å². The molecular formula is C23H18N4O2S. The van der Waals surface area contributed by atoms with E-state index in [9.17, 15) is 4.79 Å². The maximum absolute atomic E-state index is 12.8. The lowest BCUT2D eigenvalue weighted by atomic mass is 10.1. The Morgan fingerprint density at radius 3 is 2.70 bits per heavy atom. The second-order valence-corrected chi connectivity index (χ2v) is 7.85. The topological polar surface area (TPSA) is 73.0 Å². The van der Waals surface area contributed by atoms with Crippen LogP contribution in [-0.2, 0) is 0 Å². The number of amides is 1. The van der Waals surface area contributed by atoms with Crippen molar-refractivity contribution in [3.05, 3.63) is 82.9 Å². The molecule has 1 amide bonds. The zero-order chi connectivity index (χ0) is 20.7. The SMILES string of the molecule is Cc1cc(NC(=O)c2ccccc2C)n(-c2nc(-c3cc4ccccc4o3)cs2)n1. The quantitative estimate of drug-likeness (QED) is 0.415. The molecule has 3 heterocycles. The number of furan rings is 1. The minimum atomic E-state index is -0.177. The highest BCUT2D eigenvalue weighted by atomic mass is 32.1. The van der Waals surface area contributed by atoms with Gasteiger partial charge in [0.25, 0.3) is 5.91 Å². The van der Waals surface area contributed by atoms with E-state index in [-0.39, 0.29) is 5.91 Å². The Hall–Kier alpha value is -3.71. The van der Waals surface area contributed by atoms with E-state index in [1.165, 1.54) is 11.3 Å². The predicted octanol–water partition coefficient (Wildman–Crippen LogP) is 5.61. The van der Waals surface area contributed by atoms with Crippen molar-refractivity contribution in [3.63, 3.8) is 0 Å². The Morgan fingerprint density at radius 1 is 1.07 bits per heavy atom. The van der Waals surface area contributed by atoms with Crippen molar-refractivity contribution in [2.24, 2.45) is 0 Å². The van der Waals surface area contributed by atoms with E-state index in [1.54, 1.807) is 10.7 Å². The predicted molar refractivity (Wildman–Crippen MR) is 118 cm³/mol. The maximum Gasteiger partial charge on any atom is 0.257 e. The van der Waals surface area contributed by atoms with Gasteiger partial charge in [-0.3, -0.25) is 4.79 Å². The molecule has 2 aromatic carbocycles. The first kappa shape index (κ1) is 18.3. The molecule has 5 aromatic rings. The van der Waals surface area contributed by atoms with Gasteiger partial charge in [-0.15, -0.1) is 11.3 Å². The molecule has 0 aliphatic rings. The van der Waals surface area contributed by atoms with Crippen LogP contribution in [0.1, 0.15) is 21.6 Å². The van der Waals surface area contributed by atoms with E-state index in [0.29, 0.717) is 22.3 Å². The number of carbonyl (C=O) groups is 1. The fraction of sp³-hybridized carbons (Fsp3) is 0.0870. The number of rotatable bonds is 4. The summed E-state index contributed by atoms with van der Waals surface area (Å²) < 4.78 is 7.57. The van der Waals surface area contributed by atoms with Gasteiger partial charge in [-0.1, -0.05) is 36.4 Å². The molecule has 7 heteroatoms. The minimum absolute atomic E-state index is 0.177. The number of anilines is 1. The summed E-state index contributed by atoms with van der Waals surface area (Å²) in [5.74, 6) is 1.10. The summed E-state index contributed by atoms with van der Waals surface area (Å²) in [5.41, 5.74) is 3.89. The van der Waals surface area contributed by atoms with Crippen LogP contribution in [-0.4, -0.2) is 20.7 Å². The lowest BCUT2D eigenvalue weighted by Crippen LogP contribution is -2.16. The average molecular weight is 414 g/mol. The highest BCUT2D eigenvalue weighted by molar-refractivity contribution is 7.12. The van der Waals surface area contributed by atoms with Gasteiger partial charge in [0.15, 0.2) is 5.76 Å². The lowest BCUT2D eigenvalue weighted by Gasteiger charge is -2.08. The normalized spacial score (nSPS) is 11.1. The molecule has 0 saturated carbocycles. The Kier molecular flexibility index (Phi) is 4.44. The van der Waals surface area contributed by atoms with Gasteiger partial charge in [0.2, 0.25) is 5.13 Å². The van der Waals surface area contributed by atoms with Crippen LogP contribution in [0.2, 0.25) is 0 Å². The van der Waals surface area contributed by atoms with Gasteiger partial charge in [-0.25, -0.2) is 4.98 Å². The van der Waals surface area contributed by atoms with Crippen molar-refractivity contribution in [1.82, 2.24) is 14.8 Å². The first-order valence-electron chi connectivity index (χ1n) is 9.47. The average Bonchev–Trinajstić information content (AvgIpc) is 3.45. The number of nitrogens with one attached hydrogen (secondary N) is 1. The number of hydrogen-bond donors (Lipinski definition) is 1. The molecule has 0 bridgehead atoms. The number of benzene rings is 2. The Bertz CT molecular complexity index is 1350. The van der Waals surface area contributed by atoms with Crippen LogP contribution in [0.4, 0.5) is 5.82 Å². The molecule has 0 aliphatic heterocycles. The molecule has 1 N–H and O–H groups in total. The molecular weight excluding hydrogens is 396 g/mol. The summed E-state index contributed by atoms with van der Waals surface area (Å²) in [7, 11) is 0. The van der Waals surface area contributed by atoms with Crippen LogP contribution in [0.15, 0.2) is 70.5 Å². The van der Waals surface area contributed by atoms with Crippen molar-refractivity contribution in [3.8, 4) is 16.6 Å². The molecule has 5 rings (SSSR count). The summed E-state index contributed by atoms with van der Waals surface area (Å²) in [6, 6.07) is 19.2. The molecule has 0 radical (unpaired) electrons. The third-order valence-electron chi connectivity index (χ3n) is 4.81. The molecule has 30 heavy (non-hydrogen) atoms. The Balaban J connectivity index is 1.47. The number of aromatic nitrogens is 3. The van der Waals surface area contributed by atoms with Crippen molar-refractivity contribution in [2.45, 2.75) is 13.8 Å². The van der Waals surface area contributed by atoms with Crippen LogP contribution < -0.4 is 5.32 Å². The van der Waals surface area contributed by atoms with E-state index in [4.69, 9.17) is 9.40 Å².